The van der Waals surface area contributed by atoms with Crippen LogP contribution in [-0.2, 0) is 0 Å². The molecule has 3 atom stereocenters. The molecule has 16 heavy (non-hydrogen) atoms. The predicted molar refractivity (Wildman–Crippen MR) is 70.8 cm³/mol. The summed E-state index contributed by atoms with van der Waals surface area (Å²) in [5.41, 5.74) is 0. The highest BCUT2D eigenvalue weighted by Crippen LogP contribution is 2.13. The molecule has 0 aromatic rings. The van der Waals surface area contributed by atoms with E-state index >= 15 is 0 Å². The average Bonchev–Trinajstić information content (AvgIpc) is 2.27. The Bertz CT molecular complexity index is 178. The fourth-order valence-corrected chi connectivity index (χ4v) is 2.29. The maximum absolute atomic E-state index is 5.64. The van der Waals surface area contributed by atoms with Crippen LogP contribution in [0.1, 0.15) is 33.1 Å². The smallest absolute Gasteiger partial charge is 0.0653 e. The molecule has 0 amide bonds. The predicted octanol–water partition coefficient (Wildman–Crippen LogP) is 0.877. The average molecular weight is 223 g/mol. The lowest BCUT2D eigenvalue weighted by Crippen LogP contribution is -2.50. The second-order valence-electron chi connectivity index (χ2n) is 4.90. The van der Waals surface area contributed by atoms with E-state index in [1.165, 1.54) is 12.8 Å². The van der Waals surface area contributed by atoms with Gasteiger partial charge in [0.05, 0.1) is 14.0 Å². The zero-order valence-corrected chi connectivity index (χ0v) is 10.8. The van der Waals surface area contributed by atoms with E-state index in [-0.39, 0.29) is 0 Å². The molecule has 1 aliphatic heterocycles. The molecule has 1 aliphatic rings. The fourth-order valence-electron chi connectivity index (χ4n) is 2.29. The highest BCUT2D eigenvalue weighted by atomic mass is 15.1. The Labute approximate surface area is 102 Å². The minimum atomic E-state index is 0.406. The van der Waals surface area contributed by atoms with Crippen molar-refractivity contribution in [2.24, 2.45) is 5.92 Å². The van der Waals surface area contributed by atoms with Gasteiger partial charge in [-0.25, -0.2) is 0 Å². The van der Waals surface area contributed by atoms with Crippen LogP contribution < -0.4 is 16.0 Å². The summed E-state index contributed by atoms with van der Waals surface area (Å²) < 4.78 is 0. The zero-order valence-electron chi connectivity index (χ0n) is 10.8. The monoisotopic (exact) mass is 223 g/mol. The molecule has 1 saturated heterocycles. The first-order chi connectivity index (χ1) is 7.74. The van der Waals surface area contributed by atoms with Gasteiger partial charge < -0.3 is 10.6 Å². The Morgan fingerprint density at radius 1 is 1.31 bits per heavy atom. The van der Waals surface area contributed by atoms with Crippen LogP contribution in [0.5, 0.6) is 0 Å². The third-order valence-electron chi connectivity index (χ3n) is 3.39. The summed E-state index contributed by atoms with van der Waals surface area (Å²) in [6.45, 7) is 7.82. The lowest BCUT2D eigenvalue weighted by molar-refractivity contribution is 0.287. The summed E-state index contributed by atoms with van der Waals surface area (Å²) in [5, 5.41) is 10.6. The van der Waals surface area contributed by atoms with E-state index in [1.807, 2.05) is 0 Å². The summed E-state index contributed by atoms with van der Waals surface area (Å²) in [6.07, 6.45) is 4.68. The van der Waals surface area contributed by atoms with Gasteiger partial charge >= 0.3 is 0 Å². The van der Waals surface area contributed by atoms with Crippen molar-refractivity contribution in [1.82, 2.24) is 16.0 Å². The third kappa shape index (κ3) is 5.33. The summed E-state index contributed by atoms with van der Waals surface area (Å²) in [5.74, 6) is 0.649. The van der Waals surface area contributed by atoms with E-state index in [4.69, 9.17) is 7.85 Å². The molecule has 0 bridgehead atoms. The van der Waals surface area contributed by atoms with Crippen LogP contribution in [0.3, 0.4) is 0 Å². The van der Waals surface area contributed by atoms with Gasteiger partial charge in [-0.15, -0.1) is 0 Å². The van der Waals surface area contributed by atoms with Crippen LogP contribution in [-0.4, -0.2) is 39.7 Å². The molecule has 3 nitrogen and oxygen atoms in total. The number of rotatable bonds is 3. The number of hydrogen-bond acceptors (Lipinski definition) is 3. The maximum Gasteiger partial charge on any atom is 0.0653 e. The first kappa shape index (κ1) is 14.0. The molecule has 3 unspecified atom stereocenters. The van der Waals surface area contributed by atoms with E-state index in [9.17, 15) is 0 Å². The molecule has 1 heterocycles. The normalized spacial score (nSPS) is 30.9. The molecule has 2 radical (unpaired) electrons. The molecule has 92 valence electrons. The highest BCUT2D eigenvalue weighted by molar-refractivity contribution is 6.08. The molecule has 3 N–H and O–H groups in total. The van der Waals surface area contributed by atoms with Gasteiger partial charge in [-0.05, 0) is 45.3 Å². The standard InChI is InChI=1S/C12H26BN3/c1-10(4-6-13)12-5-9-14-7-3-8-15-11(2)16-12/h10-12,14-16H,3-9H2,1-2H3. The molecule has 1 fully saturated rings. The number of hydrogen-bond donors (Lipinski definition) is 3. The van der Waals surface area contributed by atoms with Crippen molar-refractivity contribution in [3.63, 3.8) is 0 Å². The molecule has 1 rings (SSSR count). The summed E-state index contributed by atoms with van der Waals surface area (Å²) in [4.78, 5) is 0. The minimum Gasteiger partial charge on any atom is -0.317 e. The maximum atomic E-state index is 5.64. The highest BCUT2D eigenvalue weighted by Gasteiger charge is 2.18. The van der Waals surface area contributed by atoms with Gasteiger partial charge in [0.1, 0.15) is 0 Å². The Balaban J connectivity index is 2.42. The van der Waals surface area contributed by atoms with Crippen molar-refractivity contribution in [2.75, 3.05) is 19.6 Å². The molecule has 0 spiro atoms. The first-order valence-corrected chi connectivity index (χ1v) is 6.64. The van der Waals surface area contributed by atoms with Crippen molar-refractivity contribution in [1.29, 1.82) is 0 Å². The molecule has 0 aromatic heterocycles. The molecule has 0 aliphatic carbocycles. The summed E-state index contributed by atoms with van der Waals surface area (Å²) in [6, 6.07) is 0.566. The number of nitrogens with one attached hydrogen (secondary N) is 3. The van der Waals surface area contributed by atoms with Crippen LogP contribution >= 0.6 is 0 Å². The Hall–Kier alpha value is -0.0551. The molecule has 0 aromatic carbocycles. The van der Waals surface area contributed by atoms with Crippen molar-refractivity contribution in [2.45, 2.75) is 51.6 Å². The Morgan fingerprint density at radius 3 is 2.88 bits per heavy atom. The van der Waals surface area contributed by atoms with Crippen LogP contribution in [0.15, 0.2) is 0 Å². The minimum absolute atomic E-state index is 0.406. The second-order valence-corrected chi connectivity index (χ2v) is 4.90. The van der Waals surface area contributed by atoms with Gasteiger partial charge in [-0.2, -0.15) is 0 Å². The van der Waals surface area contributed by atoms with Crippen LogP contribution in [0.2, 0.25) is 6.32 Å². The van der Waals surface area contributed by atoms with Crippen molar-refractivity contribution < 1.29 is 0 Å². The van der Waals surface area contributed by atoms with E-state index in [0.29, 0.717) is 18.1 Å². The fraction of sp³-hybridized carbons (Fsp3) is 1.00. The molecular formula is C12H26BN3. The van der Waals surface area contributed by atoms with Gasteiger partial charge in [0.25, 0.3) is 0 Å². The van der Waals surface area contributed by atoms with E-state index in [0.717, 1.165) is 32.4 Å². The first-order valence-electron chi connectivity index (χ1n) is 6.64. The van der Waals surface area contributed by atoms with Crippen molar-refractivity contribution in [3.05, 3.63) is 0 Å². The van der Waals surface area contributed by atoms with Crippen molar-refractivity contribution >= 4 is 7.85 Å². The molecule has 0 saturated carbocycles. The molecule has 4 heteroatoms. The topological polar surface area (TPSA) is 36.1 Å². The van der Waals surface area contributed by atoms with E-state index in [1.54, 1.807) is 0 Å². The second kappa shape index (κ2) is 8.10. The Kier molecular flexibility index (Phi) is 7.09. The summed E-state index contributed by atoms with van der Waals surface area (Å²) >= 11 is 0. The lowest BCUT2D eigenvalue weighted by atomic mass is 9.88. The quantitative estimate of drug-likeness (QED) is 0.621. The SMILES string of the molecule is [B]CCC(C)C1CCNCCCNC(C)N1. The van der Waals surface area contributed by atoms with E-state index < -0.39 is 0 Å². The van der Waals surface area contributed by atoms with E-state index in [2.05, 4.69) is 29.8 Å². The zero-order chi connectivity index (χ0) is 11.8. The van der Waals surface area contributed by atoms with Gasteiger partial charge in [0.15, 0.2) is 0 Å². The lowest BCUT2D eigenvalue weighted by Gasteiger charge is -2.30. The van der Waals surface area contributed by atoms with Crippen LogP contribution in [0, 0.1) is 5.92 Å². The summed E-state index contributed by atoms with van der Waals surface area (Å²) in [7, 11) is 5.64. The van der Waals surface area contributed by atoms with Crippen molar-refractivity contribution in [3.8, 4) is 0 Å². The van der Waals surface area contributed by atoms with Gasteiger partial charge in [0.2, 0.25) is 0 Å². The molecular weight excluding hydrogens is 197 g/mol. The van der Waals surface area contributed by atoms with Gasteiger partial charge in [0, 0.05) is 6.04 Å². The van der Waals surface area contributed by atoms with Crippen LogP contribution in [0.4, 0.5) is 0 Å². The van der Waals surface area contributed by atoms with Crippen LogP contribution in [0.25, 0.3) is 0 Å². The third-order valence-corrected chi connectivity index (χ3v) is 3.39. The largest absolute Gasteiger partial charge is 0.317 e. The van der Waals surface area contributed by atoms with Gasteiger partial charge in [-0.1, -0.05) is 19.7 Å². The van der Waals surface area contributed by atoms with Gasteiger partial charge in [-0.3, -0.25) is 5.32 Å². The Morgan fingerprint density at radius 2 is 2.12 bits per heavy atom.